The van der Waals surface area contributed by atoms with Gasteiger partial charge in [-0.05, 0) is 43.3 Å². The standard InChI is InChI=1S/C20H30N2O3Si/c1-8-21(9-2)19(24)25-18-11-10-17-15(16(18)14-23)12-13-22(17)26(6,7)20(3,4)5/h10-14H,8-9H2,1-7H3. The van der Waals surface area contributed by atoms with Crippen LogP contribution in [0, 0.1) is 0 Å². The molecule has 0 saturated heterocycles. The van der Waals surface area contributed by atoms with Crippen LogP contribution in [0.25, 0.3) is 10.9 Å². The van der Waals surface area contributed by atoms with E-state index in [4.69, 9.17) is 4.74 Å². The fourth-order valence-corrected chi connectivity index (χ4v) is 4.89. The van der Waals surface area contributed by atoms with E-state index < -0.39 is 14.3 Å². The van der Waals surface area contributed by atoms with Crippen molar-refractivity contribution in [3.63, 3.8) is 0 Å². The first-order valence-corrected chi connectivity index (χ1v) is 12.1. The van der Waals surface area contributed by atoms with Crippen molar-refractivity contribution < 1.29 is 14.3 Å². The lowest BCUT2D eigenvalue weighted by molar-refractivity contribution is 0.112. The van der Waals surface area contributed by atoms with Crippen molar-refractivity contribution >= 4 is 31.5 Å². The molecule has 5 nitrogen and oxygen atoms in total. The van der Waals surface area contributed by atoms with E-state index in [1.54, 1.807) is 11.0 Å². The molecule has 0 bridgehead atoms. The Hall–Kier alpha value is -2.08. The molecular formula is C20H30N2O3Si. The van der Waals surface area contributed by atoms with Crippen LogP contribution < -0.4 is 4.74 Å². The van der Waals surface area contributed by atoms with Crippen molar-refractivity contribution in [3.8, 4) is 5.75 Å². The molecular weight excluding hydrogens is 344 g/mol. The smallest absolute Gasteiger partial charge is 0.409 e. The first-order valence-electron chi connectivity index (χ1n) is 9.15. The van der Waals surface area contributed by atoms with Gasteiger partial charge in [-0.25, -0.2) is 4.79 Å². The number of carbonyl (C=O) groups excluding carboxylic acids is 2. The number of fused-ring (bicyclic) bond motifs is 1. The van der Waals surface area contributed by atoms with E-state index >= 15 is 0 Å². The fraction of sp³-hybridized carbons (Fsp3) is 0.500. The highest BCUT2D eigenvalue weighted by Gasteiger charge is 2.38. The summed E-state index contributed by atoms with van der Waals surface area (Å²) in [6.45, 7) is 16.3. The van der Waals surface area contributed by atoms with Gasteiger partial charge in [-0.15, -0.1) is 0 Å². The maximum Gasteiger partial charge on any atom is 0.415 e. The topological polar surface area (TPSA) is 51.5 Å². The molecule has 0 aliphatic rings. The molecule has 0 unspecified atom stereocenters. The maximum atomic E-state index is 12.3. The van der Waals surface area contributed by atoms with Crippen LogP contribution in [0.5, 0.6) is 5.75 Å². The number of hydrogen-bond acceptors (Lipinski definition) is 3. The van der Waals surface area contributed by atoms with Crippen molar-refractivity contribution in [2.24, 2.45) is 0 Å². The van der Waals surface area contributed by atoms with Crippen molar-refractivity contribution in [3.05, 3.63) is 30.0 Å². The molecule has 0 aliphatic carbocycles. The Kier molecular flexibility index (Phi) is 5.66. The predicted octanol–water partition coefficient (Wildman–Crippen LogP) is 5.15. The molecule has 0 saturated carbocycles. The Bertz CT molecular complexity index is 814. The van der Waals surface area contributed by atoms with Crippen molar-refractivity contribution in [1.82, 2.24) is 9.13 Å². The molecule has 2 rings (SSSR count). The zero-order valence-corrected chi connectivity index (χ0v) is 17.9. The van der Waals surface area contributed by atoms with Gasteiger partial charge in [0.05, 0.1) is 5.56 Å². The van der Waals surface area contributed by atoms with Crippen molar-refractivity contribution in [2.45, 2.75) is 52.8 Å². The Labute approximate surface area is 157 Å². The van der Waals surface area contributed by atoms with Gasteiger partial charge in [0.25, 0.3) is 0 Å². The third kappa shape index (κ3) is 3.42. The lowest BCUT2D eigenvalue weighted by Gasteiger charge is -2.38. The molecule has 1 aromatic heterocycles. The van der Waals surface area contributed by atoms with E-state index in [-0.39, 0.29) is 5.04 Å². The zero-order valence-electron chi connectivity index (χ0n) is 16.9. The summed E-state index contributed by atoms with van der Waals surface area (Å²) in [5, 5.41) is 0.989. The minimum Gasteiger partial charge on any atom is -0.409 e. The van der Waals surface area contributed by atoms with Gasteiger partial charge in [0.1, 0.15) is 5.75 Å². The fourth-order valence-electron chi connectivity index (χ4n) is 2.92. The van der Waals surface area contributed by atoms with Gasteiger partial charge in [0.15, 0.2) is 14.5 Å². The number of nitrogens with zero attached hydrogens (tertiary/aromatic N) is 2. The van der Waals surface area contributed by atoms with Gasteiger partial charge in [-0.2, -0.15) is 0 Å². The molecule has 0 fully saturated rings. The lowest BCUT2D eigenvalue weighted by atomic mass is 10.1. The van der Waals surface area contributed by atoms with E-state index in [9.17, 15) is 9.59 Å². The summed E-state index contributed by atoms with van der Waals surface area (Å²) in [5.41, 5.74) is 1.45. The largest absolute Gasteiger partial charge is 0.415 e. The van der Waals surface area contributed by atoms with Gasteiger partial charge in [-0.3, -0.25) is 4.79 Å². The summed E-state index contributed by atoms with van der Waals surface area (Å²) in [4.78, 5) is 25.6. The molecule has 0 aliphatic heterocycles. The van der Waals surface area contributed by atoms with Gasteiger partial charge in [0, 0.05) is 24.0 Å². The summed E-state index contributed by atoms with van der Waals surface area (Å²) in [5.74, 6) is 0.317. The number of ether oxygens (including phenoxy) is 1. The van der Waals surface area contributed by atoms with Crippen LogP contribution in [0.15, 0.2) is 24.4 Å². The molecule has 0 atom stereocenters. The molecule has 142 valence electrons. The normalized spacial score (nSPS) is 12.3. The molecule has 6 heteroatoms. The number of benzene rings is 1. The molecule has 2 aromatic rings. The summed E-state index contributed by atoms with van der Waals surface area (Å²) in [7, 11) is -1.82. The SMILES string of the molecule is CCN(CC)C(=O)Oc1ccc2c(ccn2[Si](C)(C)C(C)(C)C)c1C=O. The highest BCUT2D eigenvalue weighted by molar-refractivity contribution is 6.79. The highest BCUT2D eigenvalue weighted by Crippen LogP contribution is 2.40. The van der Waals surface area contributed by atoms with E-state index in [2.05, 4.69) is 44.3 Å². The Morgan fingerprint density at radius 1 is 1.19 bits per heavy atom. The number of amides is 1. The Morgan fingerprint density at radius 2 is 1.81 bits per heavy atom. The second-order valence-corrected chi connectivity index (χ2v) is 13.2. The average molecular weight is 375 g/mol. The number of aromatic nitrogens is 1. The molecule has 1 heterocycles. The monoisotopic (exact) mass is 374 g/mol. The summed E-state index contributed by atoms with van der Waals surface area (Å²) >= 11 is 0. The Balaban J connectivity index is 2.53. The molecule has 1 aromatic carbocycles. The summed E-state index contributed by atoms with van der Waals surface area (Å²) in [6, 6.07) is 5.64. The number of rotatable bonds is 5. The zero-order chi connectivity index (χ0) is 19.7. The first kappa shape index (κ1) is 20.2. The third-order valence-corrected chi connectivity index (χ3v) is 10.9. The molecule has 0 radical (unpaired) electrons. The first-order chi connectivity index (χ1) is 12.1. The van der Waals surface area contributed by atoms with E-state index in [0.29, 0.717) is 24.4 Å². The van der Waals surface area contributed by atoms with Crippen LogP contribution in [0.1, 0.15) is 45.0 Å². The maximum absolute atomic E-state index is 12.3. The summed E-state index contributed by atoms with van der Waals surface area (Å²) < 4.78 is 7.83. The van der Waals surface area contributed by atoms with Gasteiger partial charge < -0.3 is 13.9 Å². The van der Waals surface area contributed by atoms with Crippen LogP contribution in [0.4, 0.5) is 4.79 Å². The Morgan fingerprint density at radius 3 is 2.31 bits per heavy atom. The van der Waals surface area contributed by atoms with Crippen molar-refractivity contribution in [2.75, 3.05) is 13.1 Å². The molecule has 0 N–H and O–H groups in total. The quantitative estimate of drug-likeness (QED) is 0.537. The van der Waals surface area contributed by atoms with Crippen LogP contribution in [-0.4, -0.2) is 42.8 Å². The van der Waals surface area contributed by atoms with Crippen LogP contribution in [0.3, 0.4) is 0 Å². The number of carbonyl (C=O) groups is 2. The number of hydrogen-bond donors (Lipinski definition) is 0. The minimum atomic E-state index is -1.82. The minimum absolute atomic E-state index is 0.161. The van der Waals surface area contributed by atoms with Gasteiger partial charge in [0.2, 0.25) is 0 Å². The second-order valence-electron chi connectivity index (χ2n) is 8.06. The molecule has 0 spiro atoms. The van der Waals surface area contributed by atoms with Gasteiger partial charge in [-0.1, -0.05) is 33.9 Å². The summed E-state index contributed by atoms with van der Waals surface area (Å²) in [6.07, 6.45) is 2.41. The number of aldehydes is 1. The van der Waals surface area contributed by atoms with Crippen LogP contribution in [0.2, 0.25) is 18.1 Å². The van der Waals surface area contributed by atoms with E-state index in [0.717, 1.165) is 17.2 Å². The lowest BCUT2D eigenvalue weighted by Crippen LogP contribution is -2.44. The predicted molar refractivity (Wildman–Crippen MR) is 109 cm³/mol. The molecule has 26 heavy (non-hydrogen) atoms. The van der Waals surface area contributed by atoms with Gasteiger partial charge >= 0.3 is 6.09 Å². The van der Waals surface area contributed by atoms with Crippen LogP contribution in [-0.2, 0) is 0 Å². The van der Waals surface area contributed by atoms with Crippen molar-refractivity contribution in [1.29, 1.82) is 0 Å². The second kappa shape index (κ2) is 7.27. The van der Waals surface area contributed by atoms with E-state index in [1.807, 2.05) is 26.0 Å². The highest BCUT2D eigenvalue weighted by atomic mass is 28.3. The van der Waals surface area contributed by atoms with Crippen LogP contribution >= 0.6 is 0 Å². The van der Waals surface area contributed by atoms with E-state index in [1.165, 1.54) is 0 Å². The average Bonchev–Trinajstić information content (AvgIpc) is 2.99. The molecule has 1 amide bonds. The third-order valence-electron chi connectivity index (χ3n) is 5.65.